The van der Waals surface area contributed by atoms with E-state index in [4.69, 9.17) is 9.97 Å². The molecule has 0 saturated carbocycles. The van der Waals surface area contributed by atoms with Crippen LogP contribution in [0.3, 0.4) is 0 Å². The lowest BCUT2D eigenvalue weighted by Gasteiger charge is -2.19. The molecule has 4 heterocycles. The average Bonchev–Trinajstić information content (AvgIpc) is 3.82. The first kappa shape index (κ1) is 32.6. The van der Waals surface area contributed by atoms with E-state index in [1.54, 1.807) is 11.8 Å². The standard InChI is InChI=1S/C54H32N4S/c1-2-12-37(13-3-1)58-47-30-25-35(31-44(47)42-29-23-33-11-4-5-14-39(33)53(42)58)36-24-28-41-40-15-6-8-18-46(40)57(48(41)32-36)38-26-21-34(22-27-38)54-55-45-17-10-20-50-51(45)52(56-54)43-16-7-9-19-49(43)59-50/h1-32H. The van der Waals surface area contributed by atoms with Crippen molar-refractivity contribution in [3.05, 3.63) is 194 Å². The Balaban J connectivity index is 0.959. The van der Waals surface area contributed by atoms with Crippen molar-refractivity contribution in [2.75, 3.05) is 0 Å². The predicted octanol–water partition coefficient (Wildman–Crippen LogP) is 14.4. The highest BCUT2D eigenvalue weighted by Gasteiger charge is 2.23. The first-order valence-electron chi connectivity index (χ1n) is 20.0. The molecule has 0 bridgehead atoms. The van der Waals surface area contributed by atoms with Gasteiger partial charge in [-0.2, -0.15) is 0 Å². The van der Waals surface area contributed by atoms with E-state index >= 15 is 0 Å². The number of aromatic nitrogens is 4. The molecule has 0 radical (unpaired) electrons. The van der Waals surface area contributed by atoms with Crippen LogP contribution < -0.4 is 0 Å². The second-order valence-corrected chi connectivity index (χ2v) is 16.4. The van der Waals surface area contributed by atoms with Crippen molar-refractivity contribution < 1.29 is 0 Å². The van der Waals surface area contributed by atoms with Crippen LogP contribution in [0.1, 0.15) is 0 Å². The van der Waals surface area contributed by atoms with Crippen LogP contribution in [0.2, 0.25) is 0 Å². The summed E-state index contributed by atoms with van der Waals surface area (Å²) in [6.45, 7) is 0. The summed E-state index contributed by atoms with van der Waals surface area (Å²) in [4.78, 5) is 12.8. The summed E-state index contributed by atoms with van der Waals surface area (Å²) >= 11 is 1.80. The molecule has 4 nitrogen and oxygen atoms in total. The third-order valence-electron chi connectivity index (χ3n) is 12.1. The molecule has 1 aliphatic heterocycles. The van der Waals surface area contributed by atoms with Crippen molar-refractivity contribution in [3.8, 4) is 45.1 Å². The van der Waals surface area contributed by atoms with E-state index in [0.717, 1.165) is 44.9 Å². The van der Waals surface area contributed by atoms with E-state index in [2.05, 4.69) is 203 Å². The Morgan fingerprint density at radius 1 is 0.390 bits per heavy atom. The fourth-order valence-corrected chi connectivity index (χ4v) is 10.5. The van der Waals surface area contributed by atoms with Crippen LogP contribution >= 0.6 is 11.8 Å². The van der Waals surface area contributed by atoms with Gasteiger partial charge < -0.3 is 9.13 Å². The minimum Gasteiger partial charge on any atom is -0.309 e. The largest absolute Gasteiger partial charge is 0.309 e. The second kappa shape index (κ2) is 12.5. The summed E-state index contributed by atoms with van der Waals surface area (Å²) in [5.41, 5.74) is 13.5. The molecule has 0 amide bonds. The van der Waals surface area contributed by atoms with Gasteiger partial charge in [0.15, 0.2) is 5.82 Å². The van der Waals surface area contributed by atoms with Crippen molar-refractivity contribution in [2.45, 2.75) is 9.79 Å². The Labute approximate surface area is 343 Å². The molecular weight excluding hydrogens is 737 g/mol. The lowest BCUT2D eigenvalue weighted by atomic mass is 10.0. The Morgan fingerprint density at radius 2 is 1.07 bits per heavy atom. The van der Waals surface area contributed by atoms with Crippen molar-refractivity contribution >= 4 is 77.0 Å². The van der Waals surface area contributed by atoms with Gasteiger partial charge >= 0.3 is 0 Å². The number of rotatable bonds is 4. The van der Waals surface area contributed by atoms with E-state index in [-0.39, 0.29) is 0 Å². The van der Waals surface area contributed by atoms with Gasteiger partial charge in [-0.15, -0.1) is 0 Å². The average molecular weight is 769 g/mol. The molecule has 274 valence electrons. The van der Waals surface area contributed by atoms with Crippen molar-refractivity contribution in [3.63, 3.8) is 0 Å². The maximum atomic E-state index is 5.22. The van der Waals surface area contributed by atoms with Gasteiger partial charge in [-0.1, -0.05) is 127 Å². The molecule has 1 aliphatic rings. The van der Waals surface area contributed by atoms with Crippen LogP contribution in [0, 0.1) is 0 Å². The predicted molar refractivity (Wildman–Crippen MR) is 246 cm³/mol. The molecule has 0 spiro atoms. The van der Waals surface area contributed by atoms with Gasteiger partial charge in [0.2, 0.25) is 0 Å². The van der Waals surface area contributed by atoms with Crippen LogP contribution in [0.25, 0.3) is 110 Å². The Morgan fingerprint density at radius 3 is 1.98 bits per heavy atom. The van der Waals surface area contributed by atoms with Crippen LogP contribution in [0.4, 0.5) is 0 Å². The quantitative estimate of drug-likeness (QED) is 0.179. The van der Waals surface area contributed by atoms with E-state index in [9.17, 15) is 0 Å². The number of fused-ring (bicyclic) bond motifs is 10. The minimum absolute atomic E-state index is 0.736. The summed E-state index contributed by atoms with van der Waals surface area (Å²) in [6, 6.07) is 70.3. The van der Waals surface area contributed by atoms with Gasteiger partial charge in [-0.25, -0.2) is 9.97 Å². The van der Waals surface area contributed by atoms with Crippen LogP contribution in [0.5, 0.6) is 0 Å². The van der Waals surface area contributed by atoms with Gasteiger partial charge in [-0.05, 0) is 95.4 Å². The zero-order valence-electron chi connectivity index (χ0n) is 31.7. The summed E-state index contributed by atoms with van der Waals surface area (Å²) in [5, 5.41) is 8.58. The number of para-hydroxylation sites is 2. The monoisotopic (exact) mass is 768 g/mol. The molecular formula is C54H32N4S. The Bertz CT molecular complexity index is 3690. The molecule has 0 atom stereocenters. The van der Waals surface area contributed by atoms with Crippen LogP contribution in [-0.2, 0) is 0 Å². The number of hydrogen-bond acceptors (Lipinski definition) is 3. The molecule has 0 N–H and O–H groups in total. The lowest BCUT2D eigenvalue weighted by Crippen LogP contribution is -2.00. The molecule has 3 aromatic heterocycles. The molecule has 13 rings (SSSR count). The van der Waals surface area contributed by atoms with Crippen LogP contribution in [0.15, 0.2) is 204 Å². The normalized spacial score (nSPS) is 12.3. The molecule has 0 aliphatic carbocycles. The molecule has 12 aromatic rings. The number of hydrogen-bond donors (Lipinski definition) is 0. The van der Waals surface area contributed by atoms with E-state index in [1.807, 2.05) is 0 Å². The summed E-state index contributed by atoms with van der Waals surface area (Å²) in [7, 11) is 0. The van der Waals surface area contributed by atoms with Crippen molar-refractivity contribution in [1.82, 2.24) is 19.1 Å². The van der Waals surface area contributed by atoms with Gasteiger partial charge in [0.1, 0.15) is 0 Å². The first-order chi connectivity index (χ1) is 29.2. The Hall–Kier alpha value is -7.47. The van der Waals surface area contributed by atoms with Crippen molar-refractivity contribution in [2.24, 2.45) is 0 Å². The fraction of sp³-hybridized carbons (Fsp3) is 0. The lowest BCUT2D eigenvalue weighted by molar-refractivity contribution is 1.17. The van der Waals surface area contributed by atoms with E-state index in [0.29, 0.717) is 0 Å². The topological polar surface area (TPSA) is 35.6 Å². The van der Waals surface area contributed by atoms with E-state index in [1.165, 1.54) is 75.3 Å². The molecule has 9 aromatic carbocycles. The van der Waals surface area contributed by atoms with Gasteiger partial charge in [0, 0.05) is 64.6 Å². The zero-order valence-corrected chi connectivity index (χ0v) is 32.5. The zero-order chi connectivity index (χ0) is 38.6. The van der Waals surface area contributed by atoms with E-state index < -0.39 is 0 Å². The summed E-state index contributed by atoms with van der Waals surface area (Å²) < 4.78 is 4.82. The highest BCUT2D eigenvalue weighted by molar-refractivity contribution is 7.99. The molecule has 59 heavy (non-hydrogen) atoms. The highest BCUT2D eigenvalue weighted by atomic mass is 32.2. The molecule has 5 heteroatoms. The molecule has 0 unspecified atom stereocenters. The smallest absolute Gasteiger partial charge is 0.160 e. The van der Waals surface area contributed by atoms with Gasteiger partial charge in [-0.3, -0.25) is 0 Å². The Kier molecular flexibility index (Phi) is 6.91. The van der Waals surface area contributed by atoms with Gasteiger partial charge in [0.25, 0.3) is 0 Å². The summed E-state index contributed by atoms with van der Waals surface area (Å²) in [5.74, 6) is 0.736. The first-order valence-corrected chi connectivity index (χ1v) is 20.8. The third kappa shape index (κ3) is 4.86. The minimum atomic E-state index is 0.736. The maximum Gasteiger partial charge on any atom is 0.160 e. The summed E-state index contributed by atoms with van der Waals surface area (Å²) in [6.07, 6.45) is 0. The SMILES string of the molecule is c1ccc(-n2c3ccc(-c4ccc5c6ccccc6n(-c6ccc(-c7nc8c9c(cccc9n7)Sc7ccccc7-8)cc6)c5c4)cc3c3ccc4ccccc4c32)cc1. The third-order valence-corrected chi connectivity index (χ3v) is 13.2. The fourth-order valence-electron chi connectivity index (χ4n) is 9.42. The highest BCUT2D eigenvalue weighted by Crippen LogP contribution is 2.47. The van der Waals surface area contributed by atoms with Crippen molar-refractivity contribution in [1.29, 1.82) is 0 Å². The van der Waals surface area contributed by atoms with Crippen LogP contribution in [-0.4, -0.2) is 19.1 Å². The van der Waals surface area contributed by atoms with Gasteiger partial charge in [0.05, 0.1) is 33.3 Å². The molecule has 0 fully saturated rings. The second-order valence-electron chi connectivity index (χ2n) is 15.4. The maximum absolute atomic E-state index is 5.22. The number of nitrogens with zero attached hydrogens (tertiary/aromatic N) is 4. The number of benzene rings is 9. The molecule has 0 saturated heterocycles.